The van der Waals surface area contributed by atoms with Gasteiger partial charge in [0.2, 0.25) is 0 Å². The topological polar surface area (TPSA) is 57.8 Å². The number of aromatic nitrogens is 2. The molecule has 2 aromatic carbocycles. The van der Waals surface area contributed by atoms with Gasteiger partial charge in [-0.2, -0.15) is 5.10 Å². The number of nitrogens with zero attached hydrogens (tertiary/aromatic N) is 3. The van der Waals surface area contributed by atoms with Crippen molar-refractivity contribution in [3.8, 4) is 11.1 Å². The van der Waals surface area contributed by atoms with E-state index in [0.717, 1.165) is 42.6 Å². The van der Waals surface area contributed by atoms with E-state index in [1.807, 2.05) is 35.1 Å². The van der Waals surface area contributed by atoms with Crippen LogP contribution in [-0.2, 0) is 13.0 Å². The Morgan fingerprint density at radius 1 is 1.03 bits per heavy atom. The summed E-state index contributed by atoms with van der Waals surface area (Å²) in [6, 6.07) is 19.7. The highest BCUT2D eigenvalue weighted by molar-refractivity contribution is 5.90. The lowest BCUT2D eigenvalue weighted by Crippen LogP contribution is -2.29. The van der Waals surface area contributed by atoms with Gasteiger partial charge in [0.15, 0.2) is 0 Å². The van der Waals surface area contributed by atoms with Crippen molar-refractivity contribution in [2.75, 3.05) is 11.4 Å². The Labute approximate surface area is 168 Å². The molecular weight excluding hydrogens is 362 g/mol. The number of pyridine rings is 1. The molecule has 0 radical (unpaired) electrons. The van der Waals surface area contributed by atoms with Crippen molar-refractivity contribution in [1.82, 2.24) is 9.61 Å². The lowest BCUT2D eigenvalue weighted by atomic mass is 9.97. The number of rotatable bonds is 4. The zero-order chi connectivity index (χ0) is 19.8. The van der Waals surface area contributed by atoms with Crippen molar-refractivity contribution < 1.29 is 9.90 Å². The molecule has 3 heterocycles. The van der Waals surface area contributed by atoms with Crippen LogP contribution in [0.15, 0.2) is 73.1 Å². The molecule has 0 spiro atoms. The van der Waals surface area contributed by atoms with E-state index in [4.69, 9.17) is 5.11 Å². The summed E-state index contributed by atoms with van der Waals surface area (Å²) in [4.78, 5) is 13.6. The minimum atomic E-state index is -0.912. The molecule has 5 nitrogen and oxygen atoms in total. The van der Waals surface area contributed by atoms with E-state index in [0.29, 0.717) is 5.56 Å². The molecular formula is C24H21N3O2. The summed E-state index contributed by atoms with van der Waals surface area (Å²) in [5.74, 6) is -0.912. The third kappa shape index (κ3) is 3.14. The fourth-order valence-electron chi connectivity index (χ4n) is 4.22. The van der Waals surface area contributed by atoms with Gasteiger partial charge >= 0.3 is 5.97 Å². The Hall–Kier alpha value is -3.60. The van der Waals surface area contributed by atoms with Crippen molar-refractivity contribution >= 4 is 17.2 Å². The van der Waals surface area contributed by atoms with Gasteiger partial charge in [-0.05, 0) is 42.2 Å². The van der Waals surface area contributed by atoms with Gasteiger partial charge in [0.25, 0.3) is 0 Å². The fraction of sp³-hybridized carbons (Fsp3) is 0.167. The monoisotopic (exact) mass is 383 g/mol. The van der Waals surface area contributed by atoms with Crippen LogP contribution in [0.25, 0.3) is 16.6 Å². The number of fused-ring (bicyclic) bond motifs is 3. The average Bonchev–Trinajstić information content (AvgIpc) is 3.19. The van der Waals surface area contributed by atoms with Gasteiger partial charge in [0.1, 0.15) is 0 Å². The van der Waals surface area contributed by atoms with Crippen LogP contribution in [0.3, 0.4) is 0 Å². The number of carboxylic acid groups (broad SMARTS) is 1. The van der Waals surface area contributed by atoms with Crippen LogP contribution in [0.1, 0.15) is 27.9 Å². The van der Waals surface area contributed by atoms with Gasteiger partial charge in [-0.3, -0.25) is 0 Å². The molecule has 5 rings (SSSR count). The smallest absolute Gasteiger partial charge is 0.335 e. The molecule has 0 saturated heterocycles. The number of aromatic carboxylic acids is 1. The lowest BCUT2D eigenvalue weighted by Gasteiger charge is -2.32. The average molecular weight is 383 g/mol. The van der Waals surface area contributed by atoms with E-state index in [1.165, 1.54) is 16.8 Å². The third-order valence-electron chi connectivity index (χ3n) is 5.62. The van der Waals surface area contributed by atoms with Crippen LogP contribution < -0.4 is 4.90 Å². The molecule has 0 saturated carbocycles. The summed E-state index contributed by atoms with van der Waals surface area (Å²) < 4.78 is 1.94. The standard InChI is InChI=1S/C24H21N3O2/c28-24(29)19-10-8-18(9-11-19)21-15-25-27-14-12-22-20(23(21)27)7-4-13-26(22)16-17-5-2-1-3-6-17/h1-3,5-6,8-12,14-15H,4,7,13,16H2,(H,28,29). The number of carbonyl (C=O) groups is 1. The lowest BCUT2D eigenvalue weighted by molar-refractivity contribution is 0.0697. The summed E-state index contributed by atoms with van der Waals surface area (Å²) >= 11 is 0. The van der Waals surface area contributed by atoms with E-state index in [-0.39, 0.29) is 0 Å². The second kappa shape index (κ2) is 7.09. The van der Waals surface area contributed by atoms with E-state index < -0.39 is 5.97 Å². The maximum atomic E-state index is 11.2. The van der Waals surface area contributed by atoms with Crippen molar-refractivity contribution in [2.24, 2.45) is 0 Å². The highest BCUT2D eigenvalue weighted by atomic mass is 16.4. The first kappa shape index (κ1) is 17.5. The number of aryl methyl sites for hydroxylation is 1. The molecule has 0 bridgehead atoms. The first-order valence-corrected chi connectivity index (χ1v) is 9.82. The summed E-state index contributed by atoms with van der Waals surface area (Å²) in [6.45, 7) is 1.93. The molecule has 1 aliphatic heterocycles. The van der Waals surface area contributed by atoms with Gasteiger partial charge in [-0.25, -0.2) is 9.31 Å². The van der Waals surface area contributed by atoms with Crippen molar-refractivity contribution in [3.63, 3.8) is 0 Å². The number of hydrogen-bond acceptors (Lipinski definition) is 3. The zero-order valence-electron chi connectivity index (χ0n) is 16.0. The molecule has 0 amide bonds. The summed E-state index contributed by atoms with van der Waals surface area (Å²) in [6.07, 6.45) is 6.01. The van der Waals surface area contributed by atoms with Crippen LogP contribution >= 0.6 is 0 Å². The molecule has 1 aliphatic rings. The largest absolute Gasteiger partial charge is 0.478 e. The Bertz CT molecular complexity index is 1180. The van der Waals surface area contributed by atoms with Crippen LogP contribution in [-0.4, -0.2) is 27.2 Å². The Balaban J connectivity index is 1.58. The highest BCUT2D eigenvalue weighted by Crippen LogP contribution is 2.36. The van der Waals surface area contributed by atoms with Gasteiger partial charge in [0, 0.05) is 36.1 Å². The maximum absolute atomic E-state index is 11.2. The Morgan fingerprint density at radius 3 is 2.59 bits per heavy atom. The predicted octanol–water partition coefficient (Wildman–Crippen LogP) is 4.65. The van der Waals surface area contributed by atoms with Gasteiger partial charge in [-0.1, -0.05) is 42.5 Å². The molecule has 0 aliphatic carbocycles. The number of hydrogen-bond donors (Lipinski definition) is 1. The molecule has 0 fully saturated rings. The number of benzene rings is 2. The van der Waals surface area contributed by atoms with Gasteiger partial charge < -0.3 is 10.0 Å². The minimum absolute atomic E-state index is 0.293. The normalized spacial score (nSPS) is 13.4. The van der Waals surface area contributed by atoms with Crippen LogP contribution in [0, 0.1) is 0 Å². The highest BCUT2D eigenvalue weighted by Gasteiger charge is 2.22. The Morgan fingerprint density at radius 2 is 1.83 bits per heavy atom. The maximum Gasteiger partial charge on any atom is 0.335 e. The molecule has 29 heavy (non-hydrogen) atoms. The predicted molar refractivity (Wildman–Crippen MR) is 113 cm³/mol. The molecule has 4 aromatic rings. The van der Waals surface area contributed by atoms with Crippen molar-refractivity contribution in [3.05, 3.63) is 89.7 Å². The molecule has 144 valence electrons. The first-order chi connectivity index (χ1) is 14.2. The van der Waals surface area contributed by atoms with Crippen LogP contribution in [0.2, 0.25) is 0 Å². The third-order valence-corrected chi connectivity index (χ3v) is 5.62. The fourth-order valence-corrected chi connectivity index (χ4v) is 4.22. The van der Waals surface area contributed by atoms with E-state index in [1.54, 1.807) is 12.1 Å². The molecule has 1 N–H and O–H groups in total. The summed E-state index contributed by atoms with van der Waals surface area (Å²) in [5, 5.41) is 13.7. The molecule has 2 aromatic heterocycles. The second-order valence-corrected chi connectivity index (χ2v) is 7.42. The number of anilines is 1. The van der Waals surface area contributed by atoms with Gasteiger partial charge in [-0.15, -0.1) is 0 Å². The zero-order valence-corrected chi connectivity index (χ0v) is 16.0. The summed E-state index contributed by atoms with van der Waals surface area (Å²) in [7, 11) is 0. The van der Waals surface area contributed by atoms with Gasteiger partial charge in [0.05, 0.1) is 17.3 Å². The summed E-state index contributed by atoms with van der Waals surface area (Å²) in [5.41, 5.74) is 7.31. The molecule has 5 heteroatoms. The van der Waals surface area contributed by atoms with E-state index >= 15 is 0 Å². The quantitative estimate of drug-likeness (QED) is 0.557. The van der Waals surface area contributed by atoms with E-state index in [9.17, 15) is 4.79 Å². The number of carboxylic acids is 1. The van der Waals surface area contributed by atoms with Crippen molar-refractivity contribution in [1.29, 1.82) is 0 Å². The SMILES string of the molecule is O=C(O)c1ccc(-c2cnn3ccc4c(c23)CCCN4Cc2ccccc2)cc1. The van der Waals surface area contributed by atoms with Crippen LogP contribution in [0.5, 0.6) is 0 Å². The second-order valence-electron chi connectivity index (χ2n) is 7.42. The van der Waals surface area contributed by atoms with Crippen molar-refractivity contribution in [2.45, 2.75) is 19.4 Å². The molecule has 0 unspecified atom stereocenters. The van der Waals surface area contributed by atoms with Crippen LogP contribution in [0.4, 0.5) is 5.69 Å². The van der Waals surface area contributed by atoms with E-state index in [2.05, 4.69) is 40.3 Å². The first-order valence-electron chi connectivity index (χ1n) is 9.82. The Kier molecular flexibility index (Phi) is 4.28. The molecule has 0 atom stereocenters. The minimum Gasteiger partial charge on any atom is -0.478 e.